The predicted octanol–water partition coefficient (Wildman–Crippen LogP) is 1.08. The second-order valence-corrected chi connectivity index (χ2v) is 5.24. The Hall–Kier alpha value is -1.14. The highest BCUT2D eigenvalue weighted by molar-refractivity contribution is 7.89. The first-order chi connectivity index (χ1) is 6.89. The third-order valence-electron chi connectivity index (χ3n) is 1.90. The molecule has 84 valence electrons. The number of hydrogen-bond donors (Lipinski definition) is 0. The lowest BCUT2D eigenvalue weighted by Gasteiger charge is -2.11. The van der Waals surface area contributed by atoms with Gasteiger partial charge < -0.3 is 4.74 Å². The Morgan fingerprint density at radius 2 is 1.93 bits per heavy atom. The zero-order valence-electron chi connectivity index (χ0n) is 8.69. The smallest absolute Gasteiger partial charge is 0.242 e. The van der Waals surface area contributed by atoms with Gasteiger partial charge in [-0.2, -0.15) is 0 Å². The van der Waals surface area contributed by atoms with E-state index in [0.29, 0.717) is 0 Å². The summed E-state index contributed by atoms with van der Waals surface area (Å²) < 4.78 is 42.2. The largest absolute Gasteiger partial charge is 0.494 e. The molecule has 0 aliphatic heterocycles. The highest BCUT2D eigenvalue weighted by atomic mass is 32.2. The van der Waals surface area contributed by atoms with Gasteiger partial charge >= 0.3 is 0 Å². The highest BCUT2D eigenvalue weighted by Crippen LogP contribution is 2.21. The Morgan fingerprint density at radius 3 is 2.33 bits per heavy atom. The molecule has 1 rings (SSSR count). The van der Waals surface area contributed by atoms with Crippen LogP contribution in [0.5, 0.6) is 5.75 Å². The number of rotatable bonds is 3. The van der Waals surface area contributed by atoms with Crippen LogP contribution < -0.4 is 4.74 Å². The standard InChI is InChI=1S/C9H12FNO3S/c1-11(2)15(12,13)7-4-5-9(14-3)8(10)6-7/h4-6H,1-3H3. The lowest BCUT2D eigenvalue weighted by Crippen LogP contribution is -2.22. The fourth-order valence-electron chi connectivity index (χ4n) is 1.02. The lowest BCUT2D eigenvalue weighted by molar-refractivity contribution is 0.385. The molecule has 0 aliphatic carbocycles. The summed E-state index contributed by atoms with van der Waals surface area (Å²) in [7, 11) is 0.504. The number of halogens is 1. The van der Waals surface area contributed by atoms with Gasteiger partial charge in [0.05, 0.1) is 12.0 Å². The minimum absolute atomic E-state index is 0.0210. The summed E-state index contributed by atoms with van der Waals surface area (Å²) in [5.41, 5.74) is 0. The van der Waals surface area contributed by atoms with Crippen LogP contribution in [0.2, 0.25) is 0 Å². The van der Waals surface area contributed by atoms with E-state index in [0.717, 1.165) is 10.4 Å². The maximum absolute atomic E-state index is 13.2. The van der Waals surface area contributed by atoms with E-state index in [1.807, 2.05) is 0 Å². The Labute approximate surface area is 88.3 Å². The van der Waals surface area contributed by atoms with E-state index in [2.05, 4.69) is 4.74 Å². The van der Waals surface area contributed by atoms with Crippen molar-refractivity contribution in [3.63, 3.8) is 0 Å². The fourth-order valence-corrected chi connectivity index (χ4v) is 1.93. The van der Waals surface area contributed by atoms with Gasteiger partial charge in [-0.15, -0.1) is 0 Å². The van der Waals surface area contributed by atoms with Crippen LogP contribution >= 0.6 is 0 Å². The molecule has 0 fully saturated rings. The molecule has 0 heterocycles. The van der Waals surface area contributed by atoms with Gasteiger partial charge in [0.2, 0.25) is 10.0 Å². The highest BCUT2D eigenvalue weighted by Gasteiger charge is 2.18. The Balaban J connectivity index is 3.25. The van der Waals surface area contributed by atoms with Gasteiger partial charge in [0.15, 0.2) is 11.6 Å². The van der Waals surface area contributed by atoms with Crippen molar-refractivity contribution in [2.45, 2.75) is 4.90 Å². The molecule has 0 spiro atoms. The minimum Gasteiger partial charge on any atom is -0.494 e. The quantitative estimate of drug-likeness (QED) is 0.785. The van der Waals surface area contributed by atoms with Gasteiger partial charge in [-0.3, -0.25) is 0 Å². The topological polar surface area (TPSA) is 46.6 Å². The fraction of sp³-hybridized carbons (Fsp3) is 0.333. The third-order valence-corrected chi connectivity index (χ3v) is 3.71. The number of nitrogens with zero attached hydrogens (tertiary/aromatic N) is 1. The van der Waals surface area contributed by atoms with E-state index in [9.17, 15) is 12.8 Å². The Morgan fingerprint density at radius 1 is 1.33 bits per heavy atom. The molecule has 0 amide bonds. The first-order valence-corrected chi connectivity index (χ1v) is 5.59. The van der Waals surface area contributed by atoms with Crippen LogP contribution in [0.4, 0.5) is 4.39 Å². The molecule has 0 saturated carbocycles. The first kappa shape index (κ1) is 11.9. The predicted molar refractivity (Wildman–Crippen MR) is 53.8 cm³/mol. The zero-order valence-corrected chi connectivity index (χ0v) is 9.51. The summed E-state index contributed by atoms with van der Waals surface area (Å²) in [5.74, 6) is -0.673. The Kier molecular flexibility index (Phi) is 3.31. The molecule has 1 aromatic carbocycles. The monoisotopic (exact) mass is 233 g/mol. The van der Waals surface area contributed by atoms with Crippen LogP contribution in [0.1, 0.15) is 0 Å². The number of benzene rings is 1. The van der Waals surface area contributed by atoms with Crippen LogP contribution in [0, 0.1) is 5.82 Å². The van der Waals surface area contributed by atoms with Crippen molar-refractivity contribution in [2.24, 2.45) is 0 Å². The molecule has 0 atom stereocenters. The molecular formula is C9H12FNO3S. The molecule has 15 heavy (non-hydrogen) atoms. The average molecular weight is 233 g/mol. The molecular weight excluding hydrogens is 221 g/mol. The van der Waals surface area contributed by atoms with Crippen LogP contribution in [0.15, 0.2) is 23.1 Å². The van der Waals surface area contributed by atoms with Crippen LogP contribution in [-0.4, -0.2) is 33.9 Å². The third kappa shape index (κ3) is 2.27. The van der Waals surface area contributed by atoms with Gasteiger partial charge in [0, 0.05) is 14.1 Å². The van der Waals surface area contributed by atoms with Crippen molar-refractivity contribution in [1.29, 1.82) is 0 Å². The van der Waals surface area contributed by atoms with Crippen molar-refractivity contribution in [3.8, 4) is 5.75 Å². The summed E-state index contributed by atoms with van der Waals surface area (Å²) >= 11 is 0. The summed E-state index contributed by atoms with van der Waals surface area (Å²) in [6, 6.07) is 3.52. The normalized spacial score (nSPS) is 11.8. The van der Waals surface area contributed by atoms with Crippen molar-refractivity contribution >= 4 is 10.0 Å². The van der Waals surface area contributed by atoms with Gasteiger partial charge in [0.25, 0.3) is 0 Å². The van der Waals surface area contributed by atoms with Crippen LogP contribution in [0.3, 0.4) is 0 Å². The Bertz CT molecular complexity index is 456. The minimum atomic E-state index is -3.59. The molecule has 0 unspecified atom stereocenters. The first-order valence-electron chi connectivity index (χ1n) is 4.15. The van der Waals surface area contributed by atoms with Crippen LogP contribution in [-0.2, 0) is 10.0 Å². The molecule has 6 heteroatoms. The number of sulfonamides is 1. The van der Waals surface area contributed by atoms with Crippen LogP contribution in [0.25, 0.3) is 0 Å². The summed E-state index contributed by atoms with van der Waals surface area (Å²) in [4.78, 5) is -0.0919. The van der Waals surface area contributed by atoms with Crippen molar-refractivity contribution in [1.82, 2.24) is 4.31 Å². The van der Waals surface area contributed by atoms with E-state index in [1.165, 1.54) is 33.3 Å². The van der Waals surface area contributed by atoms with Gasteiger partial charge in [-0.05, 0) is 18.2 Å². The van der Waals surface area contributed by atoms with E-state index >= 15 is 0 Å². The lowest BCUT2D eigenvalue weighted by atomic mass is 10.3. The maximum atomic E-state index is 13.2. The van der Waals surface area contributed by atoms with E-state index in [4.69, 9.17) is 0 Å². The van der Waals surface area contributed by atoms with E-state index < -0.39 is 15.8 Å². The second kappa shape index (κ2) is 4.16. The molecule has 0 aromatic heterocycles. The van der Waals surface area contributed by atoms with Crippen molar-refractivity contribution in [3.05, 3.63) is 24.0 Å². The maximum Gasteiger partial charge on any atom is 0.242 e. The summed E-state index contributed by atoms with van der Waals surface area (Å²) in [5, 5.41) is 0. The number of ether oxygens (including phenoxy) is 1. The molecule has 0 aliphatic rings. The molecule has 1 aromatic rings. The summed E-state index contributed by atoms with van der Waals surface area (Å²) in [6.07, 6.45) is 0. The van der Waals surface area contributed by atoms with Crippen molar-refractivity contribution < 1.29 is 17.5 Å². The molecule has 0 bridgehead atoms. The molecule has 0 saturated heterocycles. The van der Waals surface area contributed by atoms with Gasteiger partial charge in [0.1, 0.15) is 0 Å². The van der Waals surface area contributed by atoms with E-state index in [-0.39, 0.29) is 10.6 Å². The second-order valence-electron chi connectivity index (χ2n) is 3.08. The summed E-state index contributed by atoms with van der Waals surface area (Å²) in [6.45, 7) is 0. The van der Waals surface area contributed by atoms with Gasteiger partial charge in [-0.25, -0.2) is 17.1 Å². The SMILES string of the molecule is COc1ccc(S(=O)(=O)N(C)C)cc1F. The molecule has 4 nitrogen and oxygen atoms in total. The number of methoxy groups -OCH3 is 1. The van der Waals surface area contributed by atoms with Crippen molar-refractivity contribution in [2.75, 3.05) is 21.2 Å². The molecule has 0 N–H and O–H groups in total. The van der Waals surface area contributed by atoms with E-state index in [1.54, 1.807) is 0 Å². The van der Waals surface area contributed by atoms with Gasteiger partial charge in [-0.1, -0.05) is 0 Å². The molecule has 0 radical (unpaired) electrons. The number of hydrogen-bond acceptors (Lipinski definition) is 3. The zero-order chi connectivity index (χ0) is 11.6. The average Bonchev–Trinajstić information content (AvgIpc) is 2.17.